The van der Waals surface area contributed by atoms with Gasteiger partial charge in [0.05, 0.1) is 20.3 Å². The van der Waals surface area contributed by atoms with Gasteiger partial charge >= 0.3 is 0 Å². The third-order valence-corrected chi connectivity index (χ3v) is 5.88. The predicted octanol–water partition coefficient (Wildman–Crippen LogP) is 2.93. The van der Waals surface area contributed by atoms with Crippen molar-refractivity contribution in [2.45, 2.75) is 16.9 Å². The summed E-state index contributed by atoms with van der Waals surface area (Å²) in [5, 5.41) is 0. The average Bonchev–Trinajstić information content (AvgIpc) is 2.39. The average molecular weight is 286 g/mol. The Kier molecular flexibility index (Phi) is 2.92. The van der Waals surface area contributed by atoms with Crippen LogP contribution in [0.3, 0.4) is 0 Å². The van der Waals surface area contributed by atoms with Gasteiger partial charge in [-0.05, 0) is 31.2 Å². The molecule has 5 heteroatoms. The molecule has 2 heterocycles. The second kappa shape index (κ2) is 4.22. The molecule has 0 bridgehead atoms. The molecule has 3 rings (SSSR count). The third kappa shape index (κ3) is 1.63. The molecule has 0 saturated carbocycles. The zero-order valence-electron chi connectivity index (χ0n) is 10.5. The van der Waals surface area contributed by atoms with Gasteiger partial charge in [0.25, 0.3) is 0 Å². The highest BCUT2D eigenvalue weighted by Gasteiger charge is 2.64. The minimum atomic E-state index is -0.411. The molecular formula is C13H16ClNO2S. The molecule has 0 spiro atoms. The maximum Gasteiger partial charge on any atom is 0.168 e. The Morgan fingerprint density at radius 1 is 1.39 bits per heavy atom. The highest BCUT2D eigenvalue weighted by molar-refractivity contribution is 8.02. The highest BCUT2D eigenvalue weighted by atomic mass is 35.5. The summed E-state index contributed by atoms with van der Waals surface area (Å²) in [5.41, 5.74) is 0.712. The van der Waals surface area contributed by atoms with Gasteiger partial charge in [-0.2, -0.15) is 0 Å². The van der Waals surface area contributed by atoms with Crippen LogP contribution in [0, 0.1) is 0 Å². The molecule has 2 aliphatic rings. The predicted molar refractivity (Wildman–Crippen MR) is 75.7 cm³/mol. The maximum absolute atomic E-state index is 6.63. The number of anilines is 1. The summed E-state index contributed by atoms with van der Waals surface area (Å²) in [6.45, 7) is 3.63. The molecule has 1 aromatic rings. The fraction of sp³-hybridized carbons (Fsp3) is 0.538. The maximum atomic E-state index is 6.63. The van der Waals surface area contributed by atoms with E-state index in [0.29, 0.717) is 0 Å². The largest absolute Gasteiger partial charge is 0.497 e. The molecule has 0 amide bonds. The molecule has 0 aliphatic carbocycles. The van der Waals surface area contributed by atoms with Crippen LogP contribution < -0.4 is 9.64 Å². The second-order valence-electron chi connectivity index (χ2n) is 4.69. The number of nitrogens with zero attached hydrogens (tertiary/aromatic N) is 1. The Morgan fingerprint density at radius 2 is 2.11 bits per heavy atom. The van der Waals surface area contributed by atoms with E-state index in [-0.39, 0.29) is 4.21 Å². The molecule has 2 saturated heterocycles. The molecule has 3 nitrogen and oxygen atoms in total. The van der Waals surface area contributed by atoms with Gasteiger partial charge in [0.1, 0.15) is 5.75 Å². The van der Waals surface area contributed by atoms with Crippen LogP contribution in [0.5, 0.6) is 5.75 Å². The van der Waals surface area contributed by atoms with E-state index in [1.165, 1.54) is 0 Å². The lowest BCUT2D eigenvalue weighted by molar-refractivity contribution is -0.0781. The molecule has 2 atom stereocenters. The minimum Gasteiger partial charge on any atom is -0.497 e. The van der Waals surface area contributed by atoms with E-state index in [1.807, 2.05) is 24.3 Å². The Bertz CT molecular complexity index is 455. The van der Waals surface area contributed by atoms with Gasteiger partial charge in [-0.25, -0.2) is 0 Å². The monoisotopic (exact) mass is 285 g/mol. The smallest absolute Gasteiger partial charge is 0.168 e. The summed E-state index contributed by atoms with van der Waals surface area (Å²) in [6.07, 6.45) is 0. The van der Waals surface area contributed by atoms with Crippen molar-refractivity contribution in [2.75, 3.05) is 30.9 Å². The Labute approximate surface area is 116 Å². The number of hydrogen-bond acceptors (Lipinski definition) is 4. The minimum absolute atomic E-state index is 0.314. The van der Waals surface area contributed by atoms with Crippen molar-refractivity contribution >= 4 is 29.1 Å². The van der Waals surface area contributed by atoms with Crippen molar-refractivity contribution in [3.05, 3.63) is 24.3 Å². The second-order valence-corrected chi connectivity index (χ2v) is 6.96. The van der Waals surface area contributed by atoms with Crippen LogP contribution in [-0.4, -0.2) is 35.9 Å². The molecule has 0 unspecified atom stereocenters. The summed E-state index contributed by atoms with van der Waals surface area (Å²) in [6, 6.07) is 8.01. The molecule has 2 aliphatic heterocycles. The van der Waals surface area contributed by atoms with Crippen molar-refractivity contribution in [1.82, 2.24) is 0 Å². The quantitative estimate of drug-likeness (QED) is 0.779. The van der Waals surface area contributed by atoms with E-state index in [0.717, 1.165) is 30.3 Å². The van der Waals surface area contributed by atoms with Gasteiger partial charge in [-0.1, -0.05) is 0 Å². The van der Waals surface area contributed by atoms with E-state index in [1.54, 1.807) is 18.9 Å². The lowest BCUT2D eigenvalue weighted by Crippen LogP contribution is -2.76. The first-order chi connectivity index (χ1) is 8.59. The van der Waals surface area contributed by atoms with Crippen molar-refractivity contribution in [3.63, 3.8) is 0 Å². The summed E-state index contributed by atoms with van der Waals surface area (Å²) < 4.78 is 10.8. The summed E-state index contributed by atoms with van der Waals surface area (Å²) in [7, 11) is 1.67. The molecular weight excluding hydrogens is 270 g/mol. The van der Waals surface area contributed by atoms with Crippen LogP contribution in [0.4, 0.5) is 5.69 Å². The molecule has 2 fully saturated rings. The number of ether oxygens (including phenoxy) is 2. The van der Waals surface area contributed by atoms with Crippen molar-refractivity contribution in [2.24, 2.45) is 0 Å². The van der Waals surface area contributed by atoms with Crippen molar-refractivity contribution < 1.29 is 9.47 Å². The normalized spacial score (nSPS) is 34.7. The number of alkyl halides is 1. The summed E-state index contributed by atoms with van der Waals surface area (Å²) in [4.78, 5) is 2.21. The third-order valence-electron chi connectivity index (χ3n) is 3.75. The first-order valence-electron chi connectivity index (χ1n) is 5.98. The van der Waals surface area contributed by atoms with Gasteiger partial charge in [-0.15, -0.1) is 23.4 Å². The number of halogens is 1. The molecule has 18 heavy (non-hydrogen) atoms. The first kappa shape index (κ1) is 12.5. The van der Waals surface area contributed by atoms with Crippen LogP contribution in [0.1, 0.15) is 6.92 Å². The van der Waals surface area contributed by atoms with E-state index < -0.39 is 5.72 Å². The zero-order chi connectivity index (χ0) is 12.8. The van der Waals surface area contributed by atoms with Gasteiger partial charge in [0.2, 0.25) is 0 Å². The lowest BCUT2D eigenvalue weighted by atomic mass is 9.96. The number of fused-ring (bicyclic) bond motifs is 1. The van der Waals surface area contributed by atoms with Crippen LogP contribution in [0.25, 0.3) is 0 Å². The zero-order valence-corrected chi connectivity index (χ0v) is 12.1. The Hall–Kier alpha value is -0.580. The summed E-state index contributed by atoms with van der Waals surface area (Å²) >= 11 is 8.42. The van der Waals surface area contributed by atoms with Gasteiger partial charge < -0.3 is 14.4 Å². The number of methoxy groups -OCH3 is 1. The topological polar surface area (TPSA) is 21.7 Å². The number of benzene rings is 1. The lowest BCUT2D eigenvalue weighted by Gasteiger charge is -2.63. The van der Waals surface area contributed by atoms with Crippen LogP contribution in [0.2, 0.25) is 0 Å². The van der Waals surface area contributed by atoms with Crippen LogP contribution in [0.15, 0.2) is 24.3 Å². The van der Waals surface area contributed by atoms with Gasteiger partial charge in [-0.3, -0.25) is 0 Å². The summed E-state index contributed by atoms with van der Waals surface area (Å²) in [5.74, 6) is 1.83. The van der Waals surface area contributed by atoms with Crippen molar-refractivity contribution in [1.29, 1.82) is 0 Å². The Balaban J connectivity index is 1.85. The number of hydrogen-bond donors (Lipinski definition) is 0. The van der Waals surface area contributed by atoms with Gasteiger partial charge in [0, 0.05) is 11.4 Å². The number of rotatable bonds is 2. The Morgan fingerprint density at radius 3 is 2.72 bits per heavy atom. The standard InChI is InChI=1S/C13H16ClNO2S/c1-12-13(14,18-8-7-17-12)9-15(12)10-3-5-11(16-2)6-4-10/h3-6H,7-9H2,1-2H3/t12-,13-/m1/s1. The van der Waals surface area contributed by atoms with E-state index >= 15 is 0 Å². The fourth-order valence-electron chi connectivity index (χ4n) is 2.52. The van der Waals surface area contributed by atoms with Crippen LogP contribution >= 0.6 is 23.4 Å². The van der Waals surface area contributed by atoms with E-state index in [9.17, 15) is 0 Å². The molecule has 1 aromatic carbocycles. The van der Waals surface area contributed by atoms with E-state index in [4.69, 9.17) is 21.1 Å². The highest BCUT2D eigenvalue weighted by Crippen LogP contribution is 2.56. The van der Waals surface area contributed by atoms with Gasteiger partial charge in [0.15, 0.2) is 9.93 Å². The fourth-order valence-corrected chi connectivity index (χ4v) is 4.18. The van der Waals surface area contributed by atoms with Crippen LogP contribution in [-0.2, 0) is 4.74 Å². The SMILES string of the molecule is COc1ccc(N2C[C@@]3(Cl)SCCO[C@@]23C)cc1. The van der Waals surface area contributed by atoms with E-state index in [2.05, 4.69) is 11.8 Å². The number of thioether (sulfide) groups is 1. The molecule has 0 aromatic heterocycles. The molecule has 98 valence electrons. The molecule has 0 N–H and O–H groups in total. The molecule has 0 radical (unpaired) electrons. The first-order valence-corrected chi connectivity index (χ1v) is 7.34. The van der Waals surface area contributed by atoms with Crippen molar-refractivity contribution in [3.8, 4) is 5.75 Å².